The zero-order valence-electron chi connectivity index (χ0n) is 16.1. The van der Waals surface area contributed by atoms with Crippen molar-refractivity contribution < 1.29 is 9.53 Å². The van der Waals surface area contributed by atoms with E-state index in [2.05, 4.69) is 43.7 Å². The quantitative estimate of drug-likeness (QED) is 0.277. The standard InChI is InChI=1S/C26H18Br2O2/c27-22-12-8-19(9-13-22)5-4-16-26(21-6-2-1-3-7-21)18-24(30-25(26)29)17-20-10-14-23(28)15-11-20/h1-3,6-15,17H,16,18H2/b24-17+. The molecule has 30 heavy (non-hydrogen) atoms. The summed E-state index contributed by atoms with van der Waals surface area (Å²) >= 11 is 6.88. The first-order valence-electron chi connectivity index (χ1n) is 9.54. The molecular formula is C26H18Br2O2. The van der Waals surface area contributed by atoms with Crippen molar-refractivity contribution in [1.82, 2.24) is 0 Å². The number of carbonyl (C=O) groups excluding carboxylic acids is 1. The van der Waals surface area contributed by atoms with Crippen LogP contribution in [-0.4, -0.2) is 5.97 Å². The maximum atomic E-state index is 13.1. The largest absolute Gasteiger partial charge is 0.430 e. The lowest BCUT2D eigenvalue weighted by atomic mass is 9.76. The Bertz CT molecular complexity index is 1140. The van der Waals surface area contributed by atoms with Gasteiger partial charge in [0.15, 0.2) is 0 Å². The topological polar surface area (TPSA) is 26.3 Å². The van der Waals surface area contributed by atoms with Crippen molar-refractivity contribution in [2.45, 2.75) is 18.3 Å². The summed E-state index contributed by atoms with van der Waals surface area (Å²) in [5.74, 6) is 6.82. The Balaban J connectivity index is 1.66. The Hall–Kier alpha value is -2.61. The number of benzene rings is 3. The van der Waals surface area contributed by atoms with Crippen LogP contribution < -0.4 is 0 Å². The van der Waals surface area contributed by atoms with E-state index in [4.69, 9.17) is 4.74 Å². The van der Waals surface area contributed by atoms with Gasteiger partial charge in [-0.2, -0.15) is 0 Å². The first-order chi connectivity index (χ1) is 14.5. The van der Waals surface area contributed by atoms with Gasteiger partial charge in [-0.3, -0.25) is 4.79 Å². The van der Waals surface area contributed by atoms with Crippen molar-refractivity contribution in [3.8, 4) is 11.8 Å². The minimum absolute atomic E-state index is 0.248. The van der Waals surface area contributed by atoms with Crippen molar-refractivity contribution in [1.29, 1.82) is 0 Å². The van der Waals surface area contributed by atoms with Crippen LogP contribution in [0.5, 0.6) is 0 Å². The fraction of sp³-hybridized carbons (Fsp3) is 0.115. The van der Waals surface area contributed by atoms with Crippen LogP contribution in [0.4, 0.5) is 0 Å². The van der Waals surface area contributed by atoms with E-state index < -0.39 is 5.41 Å². The van der Waals surface area contributed by atoms with Crippen LogP contribution in [-0.2, 0) is 14.9 Å². The zero-order chi connectivity index (χ0) is 21.0. The smallest absolute Gasteiger partial charge is 0.323 e. The van der Waals surface area contributed by atoms with Crippen molar-refractivity contribution >= 4 is 43.9 Å². The number of carbonyl (C=O) groups is 1. The summed E-state index contributed by atoms with van der Waals surface area (Å²) in [6.07, 6.45) is 2.81. The first kappa shape index (κ1) is 20.7. The van der Waals surface area contributed by atoms with Gasteiger partial charge in [-0.05, 0) is 53.6 Å². The third kappa shape index (κ3) is 4.59. The number of allylic oxidation sites excluding steroid dienone is 1. The van der Waals surface area contributed by atoms with Crippen LogP contribution in [0.15, 0.2) is 93.6 Å². The summed E-state index contributed by atoms with van der Waals surface area (Å²) in [5.41, 5.74) is 2.04. The van der Waals surface area contributed by atoms with Gasteiger partial charge < -0.3 is 4.74 Å². The van der Waals surface area contributed by atoms with Crippen LogP contribution in [0, 0.1) is 11.8 Å². The van der Waals surface area contributed by atoms with Gasteiger partial charge in [0.1, 0.15) is 11.2 Å². The Kier molecular flexibility index (Phi) is 6.22. The average Bonchev–Trinajstić information content (AvgIpc) is 3.08. The second kappa shape index (κ2) is 9.04. The van der Waals surface area contributed by atoms with Gasteiger partial charge in [-0.25, -0.2) is 0 Å². The number of ether oxygens (including phenoxy) is 1. The van der Waals surface area contributed by atoms with E-state index in [1.54, 1.807) is 0 Å². The van der Waals surface area contributed by atoms with Gasteiger partial charge in [-0.1, -0.05) is 86.2 Å². The molecule has 4 heteroatoms. The summed E-state index contributed by atoms with van der Waals surface area (Å²) in [4.78, 5) is 13.1. The molecule has 0 bridgehead atoms. The molecule has 1 atom stereocenters. The fourth-order valence-corrected chi connectivity index (χ4v) is 4.02. The highest BCUT2D eigenvalue weighted by atomic mass is 79.9. The number of halogens is 2. The van der Waals surface area contributed by atoms with Gasteiger partial charge in [0.25, 0.3) is 0 Å². The van der Waals surface area contributed by atoms with Crippen LogP contribution in [0.25, 0.3) is 6.08 Å². The molecule has 0 spiro atoms. The van der Waals surface area contributed by atoms with Crippen LogP contribution in [0.1, 0.15) is 29.5 Å². The lowest BCUT2D eigenvalue weighted by Gasteiger charge is -2.22. The summed E-state index contributed by atoms with van der Waals surface area (Å²) in [6.45, 7) is 0. The molecule has 1 fully saturated rings. The van der Waals surface area contributed by atoms with Crippen molar-refractivity contribution in [3.63, 3.8) is 0 Å². The number of hydrogen-bond acceptors (Lipinski definition) is 2. The summed E-state index contributed by atoms with van der Waals surface area (Å²) in [7, 11) is 0. The SMILES string of the molecule is O=C1O/C(=C/c2ccc(Br)cc2)CC1(CC#Cc1ccc(Br)cc1)c1ccccc1. The minimum atomic E-state index is -0.801. The highest BCUT2D eigenvalue weighted by Gasteiger charge is 2.48. The van der Waals surface area contributed by atoms with Crippen LogP contribution in [0.3, 0.4) is 0 Å². The molecule has 4 rings (SSSR count). The first-order valence-corrected chi connectivity index (χ1v) is 11.1. The Morgan fingerprint density at radius 2 is 1.53 bits per heavy atom. The van der Waals surface area contributed by atoms with E-state index in [0.29, 0.717) is 18.6 Å². The molecule has 1 heterocycles. The molecule has 0 aromatic heterocycles. The van der Waals surface area contributed by atoms with Crippen LogP contribution >= 0.6 is 31.9 Å². The van der Waals surface area contributed by atoms with E-state index >= 15 is 0 Å². The van der Waals surface area contributed by atoms with Crippen molar-refractivity contribution in [2.24, 2.45) is 0 Å². The number of hydrogen-bond donors (Lipinski definition) is 0. The highest BCUT2D eigenvalue weighted by Crippen LogP contribution is 2.42. The van der Waals surface area contributed by atoms with Gasteiger partial charge in [0.05, 0.1) is 0 Å². The molecule has 2 nitrogen and oxygen atoms in total. The number of rotatable bonds is 3. The normalized spacial score (nSPS) is 19.3. The predicted molar refractivity (Wildman–Crippen MR) is 127 cm³/mol. The molecule has 1 aliphatic heterocycles. The molecule has 1 saturated heterocycles. The lowest BCUT2D eigenvalue weighted by Crippen LogP contribution is -2.31. The zero-order valence-corrected chi connectivity index (χ0v) is 19.2. The molecule has 3 aromatic carbocycles. The third-order valence-corrected chi connectivity index (χ3v) is 6.14. The Morgan fingerprint density at radius 3 is 2.20 bits per heavy atom. The predicted octanol–water partition coefficient (Wildman–Crippen LogP) is 6.88. The maximum absolute atomic E-state index is 13.1. The molecule has 0 saturated carbocycles. The Morgan fingerprint density at radius 1 is 0.900 bits per heavy atom. The van der Waals surface area contributed by atoms with Gasteiger partial charge in [-0.15, -0.1) is 0 Å². The summed E-state index contributed by atoms with van der Waals surface area (Å²) < 4.78 is 7.74. The molecule has 0 amide bonds. The second-order valence-electron chi connectivity index (χ2n) is 7.16. The monoisotopic (exact) mass is 520 g/mol. The van der Waals surface area contributed by atoms with Crippen molar-refractivity contribution in [2.75, 3.05) is 0 Å². The molecule has 1 aliphatic rings. The highest BCUT2D eigenvalue weighted by molar-refractivity contribution is 9.10. The lowest BCUT2D eigenvalue weighted by molar-refractivity contribution is -0.140. The van der Waals surface area contributed by atoms with Gasteiger partial charge >= 0.3 is 5.97 Å². The van der Waals surface area contributed by atoms with Crippen molar-refractivity contribution in [3.05, 3.63) is 110 Å². The van der Waals surface area contributed by atoms with Gasteiger partial charge in [0.2, 0.25) is 0 Å². The fourth-order valence-electron chi connectivity index (χ4n) is 3.49. The van der Waals surface area contributed by atoms with E-state index in [1.165, 1.54) is 0 Å². The second-order valence-corrected chi connectivity index (χ2v) is 8.99. The summed E-state index contributed by atoms with van der Waals surface area (Å²) in [5, 5.41) is 0. The molecular weight excluding hydrogens is 504 g/mol. The minimum Gasteiger partial charge on any atom is -0.430 e. The van der Waals surface area contributed by atoms with E-state index in [9.17, 15) is 4.79 Å². The molecule has 0 radical (unpaired) electrons. The Labute approximate surface area is 193 Å². The number of cyclic esters (lactones) is 1. The molecule has 0 aliphatic carbocycles. The molecule has 148 valence electrons. The van der Waals surface area contributed by atoms with Gasteiger partial charge in [0, 0.05) is 27.4 Å². The van der Waals surface area contributed by atoms with Crippen LogP contribution in [0.2, 0.25) is 0 Å². The molecule has 0 N–H and O–H groups in total. The summed E-state index contributed by atoms with van der Waals surface area (Å²) in [6, 6.07) is 25.5. The average molecular weight is 522 g/mol. The third-order valence-electron chi connectivity index (χ3n) is 5.08. The number of esters is 1. The molecule has 3 aromatic rings. The van der Waals surface area contributed by atoms with E-state index in [1.807, 2.05) is 84.9 Å². The maximum Gasteiger partial charge on any atom is 0.323 e. The van der Waals surface area contributed by atoms with E-state index in [-0.39, 0.29) is 5.97 Å². The molecule has 1 unspecified atom stereocenters. The van der Waals surface area contributed by atoms with E-state index in [0.717, 1.165) is 25.6 Å².